The molecule has 0 aromatic heterocycles. The van der Waals surface area contributed by atoms with E-state index in [-0.39, 0.29) is 5.54 Å². The molecule has 0 aliphatic heterocycles. The van der Waals surface area contributed by atoms with Crippen LogP contribution in [-0.4, -0.2) is 34.6 Å². The maximum Gasteiger partial charge on any atom is 0.305 e. The zero-order chi connectivity index (χ0) is 14.3. The van der Waals surface area contributed by atoms with Gasteiger partial charge in [0.15, 0.2) is 0 Å². The van der Waals surface area contributed by atoms with Crippen LogP contribution in [0.3, 0.4) is 0 Å². The Morgan fingerprint density at radius 2 is 1.68 bits per heavy atom. The lowest BCUT2D eigenvalue weighted by Gasteiger charge is -2.48. The van der Waals surface area contributed by atoms with Gasteiger partial charge >= 0.3 is 5.97 Å². The highest BCUT2D eigenvalue weighted by Crippen LogP contribution is 2.38. The molecule has 0 bridgehead atoms. The summed E-state index contributed by atoms with van der Waals surface area (Å²) in [6.45, 7) is 4.45. The van der Waals surface area contributed by atoms with Gasteiger partial charge in [0.05, 0.1) is 6.42 Å². The van der Waals surface area contributed by atoms with E-state index < -0.39 is 5.97 Å². The first kappa shape index (κ1) is 16.5. The van der Waals surface area contributed by atoms with E-state index in [2.05, 4.69) is 25.8 Å². The van der Waals surface area contributed by atoms with Crippen LogP contribution >= 0.6 is 0 Å². The van der Waals surface area contributed by atoms with E-state index in [1.165, 1.54) is 44.9 Å². The second kappa shape index (κ2) is 7.88. The highest BCUT2D eigenvalue weighted by molar-refractivity contribution is 5.68. The minimum atomic E-state index is -0.638. The van der Waals surface area contributed by atoms with Crippen LogP contribution in [0, 0.1) is 0 Å². The summed E-state index contributed by atoms with van der Waals surface area (Å²) in [4.78, 5) is 13.7. The van der Waals surface area contributed by atoms with Gasteiger partial charge in [-0.05, 0) is 32.7 Å². The zero-order valence-electron chi connectivity index (χ0n) is 13.0. The standard InChI is InChI=1S/C16H31NO2/c1-4-9-14(10-5-2)17(3)16(13-15(18)19)11-7-6-8-12-16/h14H,4-13H2,1-3H3,(H,18,19). The Balaban J connectivity index is 2.84. The van der Waals surface area contributed by atoms with Crippen molar-refractivity contribution in [2.75, 3.05) is 7.05 Å². The Bertz CT molecular complexity index is 266. The van der Waals surface area contributed by atoms with Crippen molar-refractivity contribution < 1.29 is 9.90 Å². The van der Waals surface area contributed by atoms with Crippen LogP contribution in [0.4, 0.5) is 0 Å². The molecule has 0 unspecified atom stereocenters. The lowest BCUT2D eigenvalue weighted by molar-refractivity contribution is -0.141. The van der Waals surface area contributed by atoms with Crippen LogP contribution in [0.2, 0.25) is 0 Å². The van der Waals surface area contributed by atoms with Crippen molar-refractivity contribution in [1.29, 1.82) is 0 Å². The summed E-state index contributed by atoms with van der Waals surface area (Å²) in [5.74, 6) is -0.638. The fraction of sp³-hybridized carbons (Fsp3) is 0.938. The molecule has 0 spiro atoms. The van der Waals surface area contributed by atoms with Gasteiger partial charge in [0, 0.05) is 11.6 Å². The number of hydrogen-bond acceptors (Lipinski definition) is 2. The average molecular weight is 269 g/mol. The van der Waals surface area contributed by atoms with E-state index in [0.717, 1.165) is 12.8 Å². The predicted molar refractivity (Wildman–Crippen MR) is 79.4 cm³/mol. The summed E-state index contributed by atoms with van der Waals surface area (Å²) < 4.78 is 0. The normalized spacial score (nSPS) is 19.0. The second-order valence-electron chi connectivity index (χ2n) is 6.20. The van der Waals surface area contributed by atoms with Crippen LogP contribution in [-0.2, 0) is 4.79 Å². The molecular weight excluding hydrogens is 238 g/mol. The van der Waals surface area contributed by atoms with E-state index in [1.807, 2.05) is 0 Å². The average Bonchev–Trinajstić information content (AvgIpc) is 2.38. The minimum Gasteiger partial charge on any atom is -0.481 e. The quantitative estimate of drug-likeness (QED) is 0.722. The highest BCUT2D eigenvalue weighted by atomic mass is 16.4. The second-order valence-corrected chi connectivity index (χ2v) is 6.20. The summed E-state index contributed by atoms with van der Waals surface area (Å²) in [5, 5.41) is 9.29. The first-order chi connectivity index (χ1) is 9.05. The fourth-order valence-electron chi connectivity index (χ4n) is 3.73. The van der Waals surface area contributed by atoms with Gasteiger partial charge in [0.1, 0.15) is 0 Å². The molecule has 0 heterocycles. The van der Waals surface area contributed by atoms with Gasteiger partial charge in [-0.3, -0.25) is 9.69 Å². The molecule has 0 saturated heterocycles. The minimum absolute atomic E-state index is 0.0842. The van der Waals surface area contributed by atoms with Crippen LogP contribution in [0.15, 0.2) is 0 Å². The molecule has 0 aromatic carbocycles. The van der Waals surface area contributed by atoms with Crippen LogP contribution in [0.1, 0.15) is 78.1 Å². The van der Waals surface area contributed by atoms with Crippen molar-refractivity contribution >= 4 is 5.97 Å². The lowest BCUT2D eigenvalue weighted by atomic mass is 9.77. The van der Waals surface area contributed by atoms with Gasteiger partial charge in [-0.1, -0.05) is 46.0 Å². The Morgan fingerprint density at radius 3 is 2.11 bits per heavy atom. The van der Waals surface area contributed by atoms with E-state index in [4.69, 9.17) is 0 Å². The number of carboxylic acids is 1. The number of aliphatic carboxylic acids is 1. The molecule has 0 amide bonds. The van der Waals surface area contributed by atoms with E-state index >= 15 is 0 Å². The number of carboxylic acid groups (broad SMARTS) is 1. The van der Waals surface area contributed by atoms with Crippen LogP contribution in [0.5, 0.6) is 0 Å². The van der Waals surface area contributed by atoms with Crippen molar-refractivity contribution in [1.82, 2.24) is 4.90 Å². The Morgan fingerprint density at radius 1 is 1.16 bits per heavy atom. The van der Waals surface area contributed by atoms with Gasteiger partial charge in [-0.25, -0.2) is 0 Å². The monoisotopic (exact) mass is 269 g/mol. The Kier molecular flexibility index (Phi) is 6.84. The van der Waals surface area contributed by atoms with Crippen molar-refractivity contribution in [2.24, 2.45) is 0 Å². The van der Waals surface area contributed by atoms with Gasteiger partial charge in [0.2, 0.25) is 0 Å². The van der Waals surface area contributed by atoms with E-state index in [9.17, 15) is 9.90 Å². The smallest absolute Gasteiger partial charge is 0.305 e. The molecule has 0 radical (unpaired) electrons. The Hall–Kier alpha value is -0.570. The van der Waals surface area contributed by atoms with Crippen LogP contribution < -0.4 is 0 Å². The summed E-state index contributed by atoms with van der Waals surface area (Å²) >= 11 is 0. The molecule has 3 nitrogen and oxygen atoms in total. The van der Waals surface area contributed by atoms with Gasteiger partial charge in [-0.15, -0.1) is 0 Å². The predicted octanol–water partition coefficient (Wildman–Crippen LogP) is 4.06. The topological polar surface area (TPSA) is 40.5 Å². The maximum atomic E-state index is 11.3. The van der Waals surface area contributed by atoms with Crippen molar-refractivity contribution in [3.63, 3.8) is 0 Å². The maximum absolute atomic E-state index is 11.3. The SMILES string of the molecule is CCCC(CCC)N(C)C1(CC(=O)O)CCCCC1. The van der Waals surface area contributed by atoms with Crippen molar-refractivity contribution in [2.45, 2.75) is 89.6 Å². The first-order valence-electron chi connectivity index (χ1n) is 8.00. The van der Waals surface area contributed by atoms with Gasteiger partial charge < -0.3 is 5.11 Å². The number of carbonyl (C=O) groups is 1. The molecule has 1 aliphatic rings. The molecule has 1 N–H and O–H groups in total. The molecule has 0 aromatic rings. The van der Waals surface area contributed by atoms with Gasteiger partial charge in [-0.2, -0.15) is 0 Å². The highest BCUT2D eigenvalue weighted by Gasteiger charge is 2.40. The number of hydrogen-bond donors (Lipinski definition) is 1. The molecule has 1 rings (SSSR count). The largest absolute Gasteiger partial charge is 0.481 e. The summed E-state index contributed by atoms with van der Waals surface area (Å²) in [6.07, 6.45) is 10.8. The molecule has 1 fully saturated rings. The molecule has 1 saturated carbocycles. The summed E-state index contributed by atoms with van der Waals surface area (Å²) in [5.41, 5.74) is -0.0842. The molecule has 112 valence electrons. The summed E-state index contributed by atoms with van der Waals surface area (Å²) in [6, 6.07) is 0.549. The zero-order valence-corrected chi connectivity index (χ0v) is 13.0. The van der Waals surface area contributed by atoms with Crippen molar-refractivity contribution in [3.05, 3.63) is 0 Å². The lowest BCUT2D eigenvalue weighted by Crippen LogP contribution is -2.53. The molecule has 3 heteroatoms. The molecule has 19 heavy (non-hydrogen) atoms. The number of rotatable bonds is 8. The first-order valence-corrected chi connectivity index (χ1v) is 8.00. The van der Waals surface area contributed by atoms with Gasteiger partial charge in [0.25, 0.3) is 0 Å². The molecule has 0 atom stereocenters. The van der Waals surface area contributed by atoms with E-state index in [1.54, 1.807) is 0 Å². The molecular formula is C16H31NO2. The number of nitrogens with zero attached hydrogens (tertiary/aromatic N) is 1. The molecule has 1 aliphatic carbocycles. The van der Waals surface area contributed by atoms with Crippen molar-refractivity contribution in [3.8, 4) is 0 Å². The summed E-state index contributed by atoms with van der Waals surface area (Å²) in [7, 11) is 2.17. The fourth-order valence-corrected chi connectivity index (χ4v) is 3.73. The van der Waals surface area contributed by atoms with E-state index in [0.29, 0.717) is 12.5 Å². The Labute approximate surface area is 118 Å². The third-order valence-corrected chi connectivity index (χ3v) is 4.80. The van der Waals surface area contributed by atoms with Crippen LogP contribution in [0.25, 0.3) is 0 Å². The third-order valence-electron chi connectivity index (χ3n) is 4.80. The third kappa shape index (κ3) is 4.48.